The quantitative estimate of drug-likeness (QED) is 0.357. The van der Waals surface area contributed by atoms with E-state index in [0.717, 1.165) is 47.2 Å². The molecule has 1 aliphatic heterocycles. The molecule has 1 saturated heterocycles. The minimum Gasteiger partial charge on any atom is -0.493 e. The van der Waals surface area contributed by atoms with Crippen LogP contribution in [0.2, 0.25) is 10.0 Å². The third-order valence-electron chi connectivity index (χ3n) is 4.29. The topological polar surface area (TPSA) is 64.6 Å². The van der Waals surface area contributed by atoms with Crippen LogP contribution in [0.3, 0.4) is 0 Å². The molecule has 0 atom stereocenters. The summed E-state index contributed by atoms with van der Waals surface area (Å²) in [6.45, 7) is 3.08. The molecule has 3 rings (SSSR count). The van der Waals surface area contributed by atoms with Crippen molar-refractivity contribution in [1.29, 1.82) is 0 Å². The van der Waals surface area contributed by atoms with Gasteiger partial charge in [0.1, 0.15) is 11.5 Å². The van der Waals surface area contributed by atoms with E-state index in [1.54, 1.807) is 12.1 Å². The number of nitrogens with one attached hydrogen (secondary N) is 1. The lowest BCUT2D eigenvalue weighted by Crippen LogP contribution is -2.17. The van der Waals surface area contributed by atoms with Crippen molar-refractivity contribution in [2.75, 3.05) is 13.2 Å². The molecule has 0 saturated carbocycles. The molecular weight excluding hydrogens is 445 g/mol. The Morgan fingerprint density at radius 3 is 2.43 bits per heavy atom. The lowest BCUT2D eigenvalue weighted by Gasteiger charge is -2.14. The predicted octanol–water partition coefficient (Wildman–Crippen LogP) is 6.12. The molecule has 1 heterocycles. The first-order valence-electron chi connectivity index (χ1n) is 9.55. The molecule has 0 unspecified atom stereocenters. The van der Waals surface area contributed by atoms with Crippen LogP contribution in [-0.2, 0) is 11.2 Å². The van der Waals surface area contributed by atoms with E-state index in [1.165, 1.54) is 0 Å². The molecule has 0 spiro atoms. The van der Waals surface area contributed by atoms with Gasteiger partial charge in [-0.1, -0.05) is 48.7 Å². The summed E-state index contributed by atoms with van der Waals surface area (Å²) in [4.78, 5) is 23.2. The summed E-state index contributed by atoms with van der Waals surface area (Å²) in [6, 6.07) is 10.9. The van der Waals surface area contributed by atoms with E-state index < -0.39 is 0 Å². The van der Waals surface area contributed by atoms with Gasteiger partial charge >= 0.3 is 0 Å². The normalized spacial score (nSPS) is 14.8. The fourth-order valence-electron chi connectivity index (χ4n) is 2.86. The first-order valence-corrected chi connectivity index (χ1v) is 11.1. The minimum absolute atomic E-state index is 0.351. The maximum absolute atomic E-state index is 11.6. The van der Waals surface area contributed by atoms with Gasteiger partial charge in [-0.15, -0.1) is 0 Å². The van der Waals surface area contributed by atoms with E-state index >= 15 is 0 Å². The second-order valence-electron chi connectivity index (χ2n) is 6.56. The van der Waals surface area contributed by atoms with Gasteiger partial charge in [-0.05, 0) is 54.1 Å². The Morgan fingerprint density at radius 1 is 1.03 bits per heavy atom. The number of amides is 2. The molecule has 0 aromatic heterocycles. The van der Waals surface area contributed by atoms with Crippen LogP contribution >= 0.6 is 35.0 Å². The van der Waals surface area contributed by atoms with Crippen LogP contribution in [0.25, 0.3) is 6.08 Å². The molecule has 1 N–H and O–H groups in total. The molecule has 30 heavy (non-hydrogen) atoms. The van der Waals surface area contributed by atoms with Crippen LogP contribution in [0, 0.1) is 0 Å². The van der Waals surface area contributed by atoms with Crippen molar-refractivity contribution >= 4 is 52.2 Å². The molecule has 2 aromatic rings. The van der Waals surface area contributed by atoms with Gasteiger partial charge in [0.05, 0.1) is 28.2 Å². The van der Waals surface area contributed by atoms with E-state index in [2.05, 4.69) is 12.2 Å². The van der Waals surface area contributed by atoms with Crippen LogP contribution in [0.4, 0.5) is 4.79 Å². The van der Waals surface area contributed by atoms with Crippen LogP contribution in [0.1, 0.15) is 30.9 Å². The molecule has 2 amide bonds. The highest BCUT2D eigenvalue weighted by molar-refractivity contribution is 8.18. The number of hydrogen-bond acceptors (Lipinski definition) is 5. The lowest BCUT2D eigenvalue weighted by atomic mass is 10.1. The summed E-state index contributed by atoms with van der Waals surface area (Å²) in [6.07, 6.45) is 4.14. The summed E-state index contributed by atoms with van der Waals surface area (Å²) >= 11 is 13.3. The van der Waals surface area contributed by atoms with Crippen molar-refractivity contribution in [2.45, 2.75) is 26.2 Å². The van der Waals surface area contributed by atoms with Gasteiger partial charge in [0.2, 0.25) is 0 Å². The molecule has 5 nitrogen and oxygen atoms in total. The number of benzene rings is 2. The Kier molecular flexibility index (Phi) is 8.08. The Balaban J connectivity index is 1.46. The maximum Gasteiger partial charge on any atom is 0.290 e. The van der Waals surface area contributed by atoms with Crippen molar-refractivity contribution in [3.63, 3.8) is 0 Å². The number of thioether (sulfide) groups is 1. The fraction of sp³-hybridized carbons (Fsp3) is 0.273. The molecule has 2 aromatic carbocycles. The fourth-order valence-corrected chi connectivity index (χ4v) is 3.97. The zero-order valence-electron chi connectivity index (χ0n) is 16.4. The summed E-state index contributed by atoms with van der Waals surface area (Å²) in [5.74, 6) is 1.11. The van der Waals surface area contributed by atoms with Gasteiger partial charge in [0, 0.05) is 12.0 Å². The second-order valence-corrected chi connectivity index (χ2v) is 8.36. The third kappa shape index (κ3) is 5.94. The lowest BCUT2D eigenvalue weighted by molar-refractivity contribution is -0.115. The van der Waals surface area contributed by atoms with Crippen molar-refractivity contribution in [1.82, 2.24) is 5.32 Å². The van der Waals surface area contributed by atoms with Gasteiger partial charge in [-0.3, -0.25) is 14.9 Å². The summed E-state index contributed by atoms with van der Waals surface area (Å²) in [5.41, 5.74) is 1.76. The maximum atomic E-state index is 11.6. The second kappa shape index (κ2) is 10.8. The van der Waals surface area contributed by atoms with Crippen molar-refractivity contribution in [3.05, 3.63) is 62.5 Å². The zero-order valence-corrected chi connectivity index (χ0v) is 18.7. The number of carbonyl (C=O) groups is 2. The van der Waals surface area contributed by atoms with Crippen LogP contribution in [0.5, 0.6) is 11.5 Å². The molecule has 0 aliphatic carbocycles. The standard InChI is InChI=1S/C22H21Cl2NO4S/c1-2-4-16-18(10-9-17(23)20(16)24)29-12-3-11-28-15-7-5-14(6-8-15)13-19-21(26)25-22(27)30-19/h5-10,13H,2-4,11-12H2,1H3,(H,25,26,27)/b19-13-. The Bertz CT molecular complexity index is 960. The van der Waals surface area contributed by atoms with Gasteiger partial charge < -0.3 is 9.47 Å². The summed E-state index contributed by atoms with van der Waals surface area (Å²) in [5, 5.41) is 2.97. The van der Waals surface area contributed by atoms with Crippen LogP contribution in [-0.4, -0.2) is 24.4 Å². The first kappa shape index (κ1) is 22.5. The number of carbonyl (C=O) groups excluding carboxylic acids is 2. The molecule has 8 heteroatoms. The van der Waals surface area contributed by atoms with E-state index in [0.29, 0.717) is 34.6 Å². The van der Waals surface area contributed by atoms with E-state index in [-0.39, 0.29) is 11.1 Å². The molecule has 1 fully saturated rings. The number of imide groups is 1. The van der Waals surface area contributed by atoms with Crippen molar-refractivity contribution < 1.29 is 19.1 Å². The van der Waals surface area contributed by atoms with Gasteiger partial charge in [0.25, 0.3) is 11.1 Å². The number of hydrogen-bond donors (Lipinski definition) is 1. The van der Waals surface area contributed by atoms with Crippen molar-refractivity contribution in [2.24, 2.45) is 0 Å². The van der Waals surface area contributed by atoms with Gasteiger partial charge in [-0.2, -0.15) is 0 Å². The summed E-state index contributed by atoms with van der Waals surface area (Å²) < 4.78 is 11.6. The van der Waals surface area contributed by atoms with Crippen LogP contribution in [0.15, 0.2) is 41.3 Å². The first-order chi connectivity index (χ1) is 14.5. The highest BCUT2D eigenvalue weighted by Crippen LogP contribution is 2.34. The van der Waals surface area contributed by atoms with E-state index in [1.807, 2.05) is 30.3 Å². The van der Waals surface area contributed by atoms with Crippen LogP contribution < -0.4 is 14.8 Å². The average Bonchev–Trinajstić information content (AvgIpc) is 3.04. The van der Waals surface area contributed by atoms with E-state index in [4.69, 9.17) is 32.7 Å². The number of halogens is 2. The highest BCUT2D eigenvalue weighted by Gasteiger charge is 2.24. The largest absolute Gasteiger partial charge is 0.493 e. The molecular formula is C22H21Cl2NO4S. The monoisotopic (exact) mass is 465 g/mol. The third-order valence-corrected chi connectivity index (χ3v) is 5.94. The zero-order chi connectivity index (χ0) is 21.5. The van der Waals surface area contributed by atoms with E-state index in [9.17, 15) is 9.59 Å². The SMILES string of the molecule is CCCc1c(OCCCOc2ccc(/C=C3\SC(=O)NC3=O)cc2)ccc(Cl)c1Cl. The highest BCUT2D eigenvalue weighted by atomic mass is 35.5. The number of ether oxygens (including phenoxy) is 2. The van der Waals surface area contributed by atoms with Gasteiger partial charge in [0.15, 0.2) is 0 Å². The molecule has 0 bridgehead atoms. The van der Waals surface area contributed by atoms with Gasteiger partial charge in [-0.25, -0.2) is 0 Å². The smallest absolute Gasteiger partial charge is 0.290 e. The summed E-state index contributed by atoms with van der Waals surface area (Å²) in [7, 11) is 0. The molecule has 158 valence electrons. The average molecular weight is 466 g/mol. The Hall–Kier alpha value is -2.15. The van der Waals surface area contributed by atoms with Crippen molar-refractivity contribution in [3.8, 4) is 11.5 Å². The Morgan fingerprint density at radius 2 is 1.77 bits per heavy atom. The number of rotatable bonds is 9. The molecule has 1 aliphatic rings. The molecule has 0 radical (unpaired) electrons. The Labute approximate surface area is 189 Å². The predicted molar refractivity (Wildman–Crippen MR) is 122 cm³/mol. The minimum atomic E-state index is -0.366.